The molecule has 4 aliphatic rings. The number of aliphatic hydroxyl groups is 1. The van der Waals surface area contributed by atoms with Crippen molar-refractivity contribution in [3.05, 3.63) is 48.6 Å². The Balaban J connectivity index is 1.49. The summed E-state index contributed by atoms with van der Waals surface area (Å²) in [5, 5.41) is 10.6. The molecule has 1 spiro atoms. The zero-order chi connectivity index (χ0) is 28.3. The van der Waals surface area contributed by atoms with E-state index in [-0.39, 0.29) is 25.0 Å². The third kappa shape index (κ3) is 5.18. The van der Waals surface area contributed by atoms with Gasteiger partial charge >= 0.3 is 5.97 Å². The molecule has 2 bridgehead atoms. The maximum Gasteiger partial charge on any atom is 0.312 e. The lowest BCUT2D eigenvalue weighted by molar-refractivity contribution is -0.156. The van der Waals surface area contributed by atoms with Gasteiger partial charge in [0, 0.05) is 32.7 Å². The van der Waals surface area contributed by atoms with Crippen molar-refractivity contribution < 1.29 is 33.7 Å². The number of rotatable bonds is 12. The van der Waals surface area contributed by atoms with E-state index in [0.717, 1.165) is 18.7 Å². The van der Waals surface area contributed by atoms with Crippen molar-refractivity contribution in [3.63, 3.8) is 0 Å². The summed E-state index contributed by atoms with van der Waals surface area (Å²) >= 11 is 0. The highest BCUT2D eigenvalue weighted by Gasteiger charge is 2.75. The lowest BCUT2D eigenvalue weighted by Gasteiger charge is -2.40. The zero-order valence-corrected chi connectivity index (χ0v) is 23.3. The molecule has 40 heavy (non-hydrogen) atoms. The predicted molar refractivity (Wildman–Crippen MR) is 146 cm³/mol. The maximum atomic E-state index is 14.5. The third-order valence-electron chi connectivity index (χ3n) is 8.90. The van der Waals surface area contributed by atoms with Gasteiger partial charge in [-0.15, -0.1) is 6.58 Å². The molecular weight excluding hydrogens is 514 g/mol. The molecule has 1 aromatic rings. The quantitative estimate of drug-likeness (QED) is 0.299. The van der Waals surface area contributed by atoms with Gasteiger partial charge in [-0.3, -0.25) is 19.3 Å². The van der Waals surface area contributed by atoms with E-state index < -0.39 is 41.6 Å². The van der Waals surface area contributed by atoms with E-state index in [1.807, 2.05) is 30.3 Å². The average molecular weight is 556 g/mol. The second kappa shape index (κ2) is 12.4. The van der Waals surface area contributed by atoms with Gasteiger partial charge in [-0.2, -0.15) is 0 Å². The minimum Gasteiger partial charge on any atom is -0.466 e. The molecule has 5 rings (SSSR count). The van der Waals surface area contributed by atoms with Crippen molar-refractivity contribution in [2.45, 2.75) is 50.0 Å². The molecule has 0 unspecified atom stereocenters. The number of fused-ring (bicyclic) bond motifs is 1. The maximum absolute atomic E-state index is 14.5. The summed E-state index contributed by atoms with van der Waals surface area (Å²) in [7, 11) is 0. The van der Waals surface area contributed by atoms with Gasteiger partial charge < -0.3 is 29.1 Å². The van der Waals surface area contributed by atoms with E-state index in [4.69, 9.17) is 14.2 Å². The summed E-state index contributed by atoms with van der Waals surface area (Å²) < 4.78 is 17.4. The topological polar surface area (TPSA) is 109 Å². The molecule has 1 aromatic carbocycles. The van der Waals surface area contributed by atoms with Gasteiger partial charge in [0.25, 0.3) is 0 Å². The molecule has 6 atom stereocenters. The molecule has 2 amide bonds. The van der Waals surface area contributed by atoms with E-state index in [9.17, 15) is 19.5 Å². The molecule has 0 saturated carbocycles. The summed E-state index contributed by atoms with van der Waals surface area (Å²) in [6, 6.07) is 7.99. The number of amides is 2. The van der Waals surface area contributed by atoms with Crippen LogP contribution in [0.5, 0.6) is 0 Å². The first-order valence-corrected chi connectivity index (χ1v) is 14.5. The minimum atomic E-state index is -1.14. The molecule has 4 heterocycles. The third-order valence-corrected chi connectivity index (χ3v) is 8.90. The van der Waals surface area contributed by atoms with E-state index in [1.54, 1.807) is 22.8 Å². The molecule has 10 heteroatoms. The number of ether oxygens (including phenoxy) is 3. The van der Waals surface area contributed by atoms with Crippen LogP contribution in [0.15, 0.2) is 43.0 Å². The van der Waals surface area contributed by atoms with Crippen LogP contribution in [-0.4, -0.2) is 121 Å². The van der Waals surface area contributed by atoms with Gasteiger partial charge in [-0.05, 0) is 31.7 Å². The number of benzene rings is 1. The molecule has 0 radical (unpaired) electrons. The first kappa shape index (κ1) is 28.7. The molecule has 0 aromatic heterocycles. The Labute approximate surface area is 235 Å². The molecule has 1 N–H and O–H groups in total. The Morgan fingerprint density at radius 3 is 2.70 bits per heavy atom. The lowest BCUT2D eigenvalue weighted by atomic mass is 9.70. The van der Waals surface area contributed by atoms with E-state index in [2.05, 4.69) is 11.5 Å². The normalized spacial score (nSPS) is 30.2. The summed E-state index contributed by atoms with van der Waals surface area (Å²) in [6.45, 7) is 9.84. The summed E-state index contributed by atoms with van der Waals surface area (Å²) in [4.78, 5) is 47.5. The Kier molecular flexibility index (Phi) is 8.89. The van der Waals surface area contributed by atoms with Gasteiger partial charge in [-0.25, -0.2) is 0 Å². The van der Waals surface area contributed by atoms with Crippen LogP contribution in [-0.2, 0) is 35.0 Å². The Bertz CT molecular complexity index is 1080. The van der Waals surface area contributed by atoms with Crippen molar-refractivity contribution in [2.24, 2.45) is 11.8 Å². The van der Waals surface area contributed by atoms with Crippen molar-refractivity contribution in [2.75, 3.05) is 59.2 Å². The fourth-order valence-electron chi connectivity index (χ4n) is 7.11. The van der Waals surface area contributed by atoms with Crippen LogP contribution in [0.25, 0.3) is 0 Å². The van der Waals surface area contributed by atoms with Crippen LogP contribution in [0, 0.1) is 11.8 Å². The molecule has 4 aliphatic heterocycles. The molecule has 4 fully saturated rings. The van der Waals surface area contributed by atoms with Crippen LogP contribution in [0.2, 0.25) is 0 Å². The van der Waals surface area contributed by atoms with Crippen LogP contribution in [0.4, 0.5) is 0 Å². The van der Waals surface area contributed by atoms with Gasteiger partial charge in [0.15, 0.2) is 0 Å². The van der Waals surface area contributed by atoms with E-state index >= 15 is 0 Å². The first-order chi connectivity index (χ1) is 19.4. The number of nitrogens with zero attached hydrogens (tertiary/aromatic N) is 3. The highest BCUT2D eigenvalue weighted by Crippen LogP contribution is 2.59. The van der Waals surface area contributed by atoms with E-state index in [1.165, 1.54) is 0 Å². The Hall–Kier alpha value is -2.79. The monoisotopic (exact) mass is 555 g/mol. The predicted octanol–water partition coefficient (Wildman–Crippen LogP) is 0.875. The fraction of sp³-hybridized carbons (Fsp3) is 0.633. The van der Waals surface area contributed by atoms with Crippen molar-refractivity contribution in [1.29, 1.82) is 0 Å². The molecule has 218 valence electrons. The fourth-order valence-corrected chi connectivity index (χ4v) is 7.11. The Morgan fingerprint density at radius 1 is 1.27 bits per heavy atom. The highest BCUT2D eigenvalue weighted by atomic mass is 16.6. The first-order valence-electron chi connectivity index (χ1n) is 14.5. The Morgan fingerprint density at radius 2 is 2.02 bits per heavy atom. The number of carbonyl (C=O) groups is 3. The SMILES string of the molecule is C=CCN(CCN1CCOCC1)C(=O)[C@@H]1N([C@@H](CO)Cc2ccccc2)C(=O)[C@H]2[C@H](C(=O)OCC)[C@@H]3CC[C@]12O3. The number of hydrogen-bond acceptors (Lipinski definition) is 8. The number of hydrogen-bond donors (Lipinski definition) is 1. The largest absolute Gasteiger partial charge is 0.466 e. The molecule has 4 saturated heterocycles. The van der Waals surface area contributed by atoms with Gasteiger partial charge in [0.2, 0.25) is 11.8 Å². The number of aliphatic hydroxyl groups excluding tert-OH is 1. The zero-order valence-electron chi connectivity index (χ0n) is 23.3. The minimum absolute atomic E-state index is 0.198. The van der Waals surface area contributed by atoms with Crippen LogP contribution in [0.3, 0.4) is 0 Å². The number of likely N-dealkylation sites (tertiary alicyclic amines) is 1. The summed E-state index contributed by atoms with van der Waals surface area (Å²) in [5.74, 6) is -2.60. The van der Waals surface area contributed by atoms with Gasteiger partial charge in [-0.1, -0.05) is 36.4 Å². The standard InChI is InChI=1S/C30H41N3O7/c1-3-12-32(14-13-31-15-17-38-18-16-31)28(36)26-30-11-10-23(40-30)24(29(37)39-4-2)25(30)27(35)33(26)22(20-34)19-21-8-6-5-7-9-21/h3,5-9,22-26,34H,1,4,10-20H2,2H3/t22-,23+,24-,25-,26+,30-/m1/s1. The lowest BCUT2D eigenvalue weighted by Crippen LogP contribution is -2.59. The molecule has 0 aliphatic carbocycles. The second-order valence-corrected chi connectivity index (χ2v) is 11.1. The smallest absolute Gasteiger partial charge is 0.312 e. The van der Waals surface area contributed by atoms with Crippen LogP contribution < -0.4 is 0 Å². The van der Waals surface area contributed by atoms with Crippen molar-refractivity contribution >= 4 is 17.8 Å². The summed E-state index contributed by atoms with van der Waals surface area (Å²) in [5.41, 5.74) is -0.198. The average Bonchev–Trinajstić information content (AvgIpc) is 3.62. The van der Waals surface area contributed by atoms with Crippen LogP contribution in [0.1, 0.15) is 25.3 Å². The van der Waals surface area contributed by atoms with Crippen LogP contribution >= 0.6 is 0 Å². The second-order valence-electron chi connectivity index (χ2n) is 11.1. The van der Waals surface area contributed by atoms with Gasteiger partial charge in [0.05, 0.1) is 50.4 Å². The van der Waals surface area contributed by atoms with Crippen molar-refractivity contribution in [1.82, 2.24) is 14.7 Å². The summed E-state index contributed by atoms with van der Waals surface area (Å²) in [6.07, 6.45) is 2.66. The number of esters is 1. The molecular formula is C30H41N3O7. The van der Waals surface area contributed by atoms with Gasteiger partial charge in [0.1, 0.15) is 11.6 Å². The highest BCUT2D eigenvalue weighted by molar-refractivity contribution is 5.98. The number of carbonyl (C=O) groups excluding carboxylic acids is 3. The number of morpholine rings is 1. The van der Waals surface area contributed by atoms with Crippen molar-refractivity contribution in [3.8, 4) is 0 Å². The molecule has 10 nitrogen and oxygen atoms in total. The van der Waals surface area contributed by atoms with E-state index in [0.29, 0.717) is 52.1 Å².